The molecule has 6 heteroatoms. The van der Waals surface area contributed by atoms with Crippen LogP contribution in [0.5, 0.6) is 0 Å². The van der Waals surface area contributed by atoms with E-state index in [9.17, 15) is 18.0 Å². The maximum Gasteiger partial charge on any atom is 0.418 e. The molecule has 0 saturated heterocycles. The fourth-order valence-electron chi connectivity index (χ4n) is 0.457. The van der Waals surface area contributed by atoms with Crippen LogP contribution in [0.15, 0.2) is 12.7 Å². The Labute approximate surface area is 66.4 Å². The minimum Gasteiger partial charge on any atom is -0.480 e. The smallest absolute Gasteiger partial charge is 0.418 e. The van der Waals surface area contributed by atoms with Gasteiger partial charge in [0.05, 0.1) is 0 Å². The highest BCUT2D eigenvalue weighted by molar-refractivity contribution is 5.68. The van der Waals surface area contributed by atoms with Gasteiger partial charge in [0.1, 0.15) is 6.61 Å². The molecule has 0 aliphatic carbocycles. The molecule has 0 fully saturated rings. The molecule has 0 aromatic rings. The highest BCUT2D eigenvalue weighted by atomic mass is 19.4. The molecule has 0 bridgehead atoms. The molecule has 0 unspecified atom stereocenters. The number of carboxylic acid groups (broad SMARTS) is 1. The molecule has 0 aliphatic rings. The van der Waals surface area contributed by atoms with Gasteiger partial charge in [-0.25, -0.2) is 4.79 Å². The maximum absolute atomic E-state index is 11.8. The van der Waals surface area contributed by atoms with Crippen molar-refractivity contribution in [3.63, 3.8) is 0 Å². The van der Waals surface area contributed by atoms with Crippen LogP contribution in [0, 0.1) is 0 Å². The van der Waals surface area contributed by atoms with Crippen LogP contribution in [-0.2, 0) is 9.53 Å². The fraction of sp³-hybridized carbons (Fsp3) is 0.500. The second-order valence-corrected chi connectivity index (χ2v) is 1.90. The molecule has 0 spiro atoms. The molecule has 1 atom stereocenters. The first kappa shape index (κ1) is 11.0. The molecular weight excluding hydrogens is 177 g/mol. The quantitative estimate of drug-likeness (QED) is 0.668. The second kappa shape index (κ2) is 4.10. The lowest BCUT2D eigenvalue weighted by Gasteiger charge is -2.15. The van der Waals surface area contributed by atoms with Crippen LogP contribution in [0.25, 0.3) is 0 Å². The molecule has 1 N–H and O–H groups in total. The van der Waals surface area contributed by atoms with E-state index in [0.717, 1.165) is 0 Å². The monoisotopic (exact) mass is 184 g/mol. The zero-order chi connectivity index (χ0) is 9.78. The number of halogens is 3. The van der Waals surface area contributed by atoms with Crippen molar-refractivity contribution >= 4 is 5.97 Å². The third-order valence-electron chi connectivity index (χ3n) is 0.923. The number of hydrogen-bond acceptors (Lipinski definition) is 2. The number of carbonyl (C=O) groups is 1. The van der Waals surface area contributed by atoms with Crippen molar-refractivity contribution in [1.29, 1.82) is 0 Å². The summed E-state index contributed by atoms with van der Waals surface area (Å²) in [6, 6.07) is 0. The topological polar surface area (TPSA) is 46.5 Å². The first-order chi connectivity index (χ1) is 5.38. The lowest BCUT2D eigenvalue weighted by molar-refractivity contribution is -0.206. The Balaban J connectivity index is 4.01. The molecular formula is C6H7F3O3. The highest BCUT2D eigenvalue weighted by Crippen LogP contribution is 2.23. The minimum absolute atomic E-state index is 0.503. The highest BCUT2D eigenvalue weighted by Gasteiger charge is 2.38. The van der Waals surface area contributed by atoms with Crippen molar-refractivity contribution in [3.05, 3.63) is 12.7 Å². The first-order valence-electron chi connectivity index (χ1n) is 2.90. The van der Waals surface area contributed by atoms with Crippen LogP contribution in [-0.4, -0.2) is 30.0 Å². The number of ether oxygens (including phenoxy) is 1. The molecule has 70 valence electrons. The molecule has 0 aromatic heterocycles. The molecule has 0 heterocycles. The Morgan fingerprint density at radius 1 is 1.67 bits per heavy atom. The first-order valence-corrected chi connectivity index (χ1v) is 2.90. The van der Waals surface area contributed by atoms with Crippen molar-refractivity contribution in [2.75, 3.05) is 6.61 Å². The third kappa shape index (κ3) is 3.97. The Kier molecular flexibility index (Phi) is 3.75. The third-order valence-corrected chi connectivity index (χ3v) is 0.923. The number of aliphatic carboxylic acids is 1. The van der Waals surface area contributed by atoms with Gasteiger partial charge in [-0.1, -0.05) is 6.08 Å². The summed E-state index contributed by atoms with van der Waals surface area (Å²) < 4.78 is 39.3. The van der Waals surface area contributed by atoms with Gasteiger partial charge < -0.3 is 9.84 Å². The molecule has 0 aliphatic heterocycles. The van der Waals surface area contributed by atoms with Crippen molar-refractivity contribution in [1.82, 2.24) is 0 Å². The van der Waals surface area contributed by atoms with E-state index in [1.807, 2.05) is 0 Å². The van der Waals surface area contributed by atoms with E-state index in [2.05, 4.69) is 11.3 Å². The van der Waals surface area contributed by atoms with E-state index < -0.39 is 24.9 Å². The van der Waals surface area contributed by atoms with E-state index in [4.69, 9.17) is 5.11 Å². The normalized spacial score (nSPS) is 13.9. The molecule has 0 aromatic carbocycles. The summed E-state index contributed by atoms with van der Waals surface area (Å²) in [5, 5.41) is 8.00. The molecule has 0 radical (unpaired) electrons. The Morgan fingerprint density at radius 2 is 2.17 bits per heavy atom. The van der Waals surface area contributed by atoms with Gasteiger partial charge in [0.15, 0.2) is 6.10 Å². The zero-order valence-corrected chi connectivity index (χ0v) is 5.97. The number of rotatable bonds is 4. The summed E-state index contributed by atoms with van der Waals surface area (Å²) in [7, 11) is 0. The maximum atomic E-state index is 11.8. The van der Waals surface area contributed by atoms with Gasteiger partial charge >= 0.3 is 12.1 Å². The standard InChI is InChI=1S/C6H7F3O3/c1-2-4(6(7,8)9)12-3-5(10)11/h2,4H,1,3H2,(H,10,11)/t4-/m0/s1. The van der Waals surface area contributed by atoms with Gasteiger partial charge in [0.2, 0.25) is 0 Å². The van der Waals surface area contributed by atoms with Gasteiger partial charge in [0.25, 0.3) is 0 Å². The van der Waals surface area contributed by atoms with Crippen LogP contribution < -0.4 is 0 Å². The lowest BCUT2D eigenvalue weighted by atomic mass is 10.3. The van der Waals surface area contributed by atoms with Crippen LogP contribution >= 0.6 is 0 Å². The molecule has 3 nitrogen and oxygen atoms in total. The van der Waals surface area contributed by atoms with Gasteiger partial charge in [-0.2, -0.15) is 13.2 Å². The van der Waals surface area contributed by atoms with Gasteiger partial charge in [-0.3, -0.25) is 0 Å². The summed E-state index contributed by atoms with van der Waals surface area (Å²) in [5.74, 6) is -1.45. The van der Waals surface area contributed by atoms with E-state index in [1.54, 1.807) is 0 Å². The Hall–Kier alpha value is -1.04. The molecule has 0 amide bonds. The predicted octanol–water partition coefficient (Wildman–Crippen LogP) is 1.20. The summed E-state index contributed by atoms with van der Waals surface area (Å²) in [4.78, 5) is 9.82. The predicted molar refractivity (Wildman–Crippen MR) is 33.6 cm³/mol. The SMILES string of the molecule is C=C[C@H](OCC(=O)O)C(F)(F)F. The largest absolute Gasteiger partial charge is 0.480 e. The summed E-state index contributed by atoms with van der Waals surface area (Å²) in [5.41, 5.74) is 0. The van der Waals surface area contributed by atoms with Crippen molar-refractivity contribution in [2.45, 2.75) is 12.3 Å². The summed E-state index contributed by atoms with van der Waals surface area (Å²) in [6.07, 6.45) is -6.31. The van der Waals surface area contributed by atoms with Gasteiger partial charge in [0, 0.05) is 0 Å². The number of hydrogen-bond donors (Lipinski definition) is 1. The van der Waals surface area contributed by atoms with Crippen molar-refractivity contribution < 1.29 is 27.8 Å². The average Bonchev–Trinajstić information content (AvgIpc) is 1.85. The average molecular weight is 184 g/mol. The lowest BCUT2D eigenvalue weighted by Crippen LogP contribution is -2.31. The van der Waals surface area contributed by atoms with Crippen LogP contribution in [0.4, 0.5) is 13.2 Å². The van der Waals surface area contributed by atoms with E-state index in [1.165, 1.54) is 0 Å². The van der Waals surface area contributed by atoms with E-state index in [-0.39, 0.29) is 0 Å². The Morgan fingerprint density at radius 3 is 2.42 bits per heavy atom. The van der Waals surface area contributed by atoms with Crippen molar-refractivity contribution in [2.24, 2.45) is 0 Å². The van der Waals surface area contributed by atoms with Crippen LogP contribution in [0.2, 0.25) is 0 Å². The second-order valence-electron chi connectivity index (χ2n) is 1.90. The fourth-order valence-corrected chi connectivity index (χ4v) is 0.457. The van der Waals surface area contributed by atoms with E-state index in [0.29, 0.717) is 6.08 Å². The molecule has 12 heavy (non-hydrogen) atoms. The van der Waals surface area contributed by atoms with Crippen LogP contribution in [0.1, 0.15) is 0 Å². The van der Waals surface area contributed by atoms with Crippen molar-refractivity contribution in [3.8, 4) is 0 Å². The summed E-state index contributed by atoms with van der Waals surface area (Å²) >= 11 is 0. The molecule has 0 saturated carbocycles. The zero-order valence-electron chi connectivity index (χ0n) is 5.97. The van der Waals surface area contributed by atoms with Gasteiger partial charge in [-0.15, -0.1) is 6.58 Å². The molecule has 0 rings (SSSR count). The number of alkyl halides is 3. The van der Waals surface area contributed by atoms with E-state index >= 15 is 0 Å². The minimum atomic E-state index is -4.60. The summed E-state index contributed by atoms with van der Waals surface area (Å²) in [6.45, 7) is 1.88. The Bertz CT molecular complexity index is 175. The van der Waals surface area contributed by atoms with Gasteiger partial charge in [-0.05, 0) is 0 Å². The van der Waals surface area contributed by atoms with Crippen LogP contribution in [0.3, 0.4) is 0 Å². The number of carboxylic acids is 1.